The highest BCUT2D eigenvalue weighted by atomic mass is 32.1. The highest BCUT2D eigenvalue weighted by Crippen LogP contribution is 2.47. The van der Waals surface area contributed by atoms with Crippen LogP contribution < -0.4 is 4.74 Å². The molecule has 1 unspecified atom stereocenters. The van der Waals surface area contributed by atoms with Gasteiger partial charge in [-0.25, -0.2) is 0 Å². The molecule has 27 heavy (non-hydrogen) atoms. The number of hydrogen-bond donors (Lipinski definition) is 1. The van der Waals surface area contributed by atoms with Crippen LogP contribution in [0, 0.1) is 5.41 Å². The topological polar surface area (TPSA) is 66.8 Å². The van der Waals surface area contributed by atoms with Crippen molar-refractivity contribution < 1.29 is 32.6 Å². The Labute approximate surface area is 156 Å². The standard InChI is InChI=1S/C18H14F3NO4S/c19-18(20,21)17(16(24)25)5-6-22(9-17)15(23)13-7-10-8-26-12-4-2-1-3-11(12)14(10)27-13/h1-4,7H,5-6,8-9H2,(H,24,25). The maximum Gasteiger partial charge on any atom is 0.406 e. The van der Waals surface area contributed by atoms with Gasteiger partial charge in [0.25, 0.3) is 5.91 Å². The summed E-state index contributed by atoms with van der Waals surface area (Å²) in [6, 6.07) is 8.95. The molecule has 0 radical (unpaired) electrons. The lowest BCUT2D eigenvalue weighted by molar-refractivity contribution is -0.227. The predicted octanol–water partition coefficient (Wildman–Crippen LogP) is 3.79. The number of carbonyl (C=O) groups excluding carboxylic acids is 1. The molecule has 1 amide bonds. The van der Waals surface area contributed by atoms with Crippen molar-refractivity contribution in [1.82, 2.24) is 4.90 Å². The fourth-order valence-electron chi connectivity index (χ4n) is 3.47. The fourth-order valence-corrected chi connectivity index (χ4v) is 4.64. The van der Waals surface area contributed by atoms with E-state index in [0.29, 0.717) is 5.75 Å². The molecule has 1 aromatic carbocycles. The predicted molar refractivity (Wildman–Crippen MR) is 90.7 cm³/mol. The molecular formula is C18H14F3NO4S. The molecular weight excluding hydrogens is 383 g/mol. The van der Waals surface area contributed by atoms with Crippen molar-refractivity contribution >= 4 is 23.2 Å². The largest absolute Gasteiger partial charge is 0.488 e. The highest BCUT2D eigenvalue weighted by Gasteiger charge is 2.64. The minimum atomic E-state index is -4.92. The van der Waals surface area contributed by atoms with E-state index in [9.17, 15) is 22.8 Å². The summed E-state index contributed by atoms with van der Waals surface area (Å²) < 4.78 is 45.6. The molecule has 3 heterocycles. The number of thiophene rings is 1. The van der Waals surface area contributed by atoms with Gasteiger partial charge in [-0.05, 0) is 24.6 Å². The second kappa shape index (κ2) is 5.98. The number of hydrogen-bond acceptors (Lipinski definition) is 4. The number of carbonyl (C=O) groups is 2. The SMILES string of the molecule is O=C(c1cc2c(s1)-c1ccccc1OC2)N1CCC(C(=O)O)(C(F)(F)F)C1. The second-order valence-corrected chi connectivity index (χ2v) is 7.66. The number of benzene rings is 1. The third kappa shape index (κ3) is 2.68. The van der Waals surface area contributed by atoms with E-state index >= 15 is 0 Å². The van der Waals surface area contributed by atoms with Gasteiger partial charge in [-0.3, -0.25) is 9.59 Å². The molecule has 5 nitrogen and oxygen atoms in total. The minimum absolute atomic E-state index is 0.250. The van der Waals surface area contributed by atoms with Crippen molar-refractivity contribution in [3.63, 3.8) is 0 Å². The van der Waals surface area contributed by atoms with Gasteiger partial charge in [-0.1, -0.05) is 12.1 Å². The monoisotopic (exact) mass is 397 g/mol. The van der Waals surface area contributed by atoms with Crippen LogP contribution in [-0.4, -0.2) is 41.1 Å². The van der Waals surface area contributed by atoms with Crippen LogP contribution in [0.3, 0.4) is 0 Å². The van der Waals surface area contributed by atoms with Gasteiger partial charge < -0.3 is 14.7 Å². The molecule has 0 aliphatic carbocycles. The summed E-state index contributed by atoms with van der Waals surface area (Å²) >= 11 is 1.19. The Morgan fingerprint density at radius 3 is 2.67 bits per heavy atom. The quantitative estimate of drug-likeness (QED) is 0.838. The lowest BCUT2D eigenvalue weighted by Crippen LogP contribution is -2.47. The van der Waals surface area contributed by atoms with Crippen LogP contribution in [0.25, 0.3) is 10.4 Å². The van der Waals surface area contributed by atoms with Gasteiger partial charge in [0.1, 0.15) is 12.4 Å². The van der Waals surface area contributed by atoms with E-state index in [-0.39, 0.29) is 18.0 Å². The third-order valence-corrected chi connectivity index (χ3v) is 6.24. The van der Waals surface area contributed by atoms with Crippen molar-refractivity contribution in [2.75, 3.05) is 13.1 Å². The Kier molecular flexibility index (Phi) is 3.95. The molecule has 1 fully saturated rings. The van der Waals surface area contributed by atoms with E-state index in [1.165, 1.54) is 11.3 Å². The van der Waals surface area contributed by atoms with Crippen molar-refractivity contribution in [2.24, 2.45) is 5.41 Å². The van der Waals surface area contributed by atoms with Crippen molar-refractivity contribution in [3.8, 4) is 16.2 Å². The molecule has 1 atom stereocenters. The summed E-state index contributed by atoms with van der Waals surface area (Å²) in [6.07, 6.45) is -5.57. The van der Waals surface area contributed by atoms with Gasteiger partial charge >= 0.3 is 12.1 Å². The average molecular weight is 397 g/mol. The van der Waals surface area contributed by atoms with Crippen LogP contribution in [0.2, 0.25) is 0 Å². The van der Waals surface area contributed by atoms with Crippen molar-refractivity contribution in [2.45, 2.75) is 19.2 Å². The Balaban J connectivity index is 1.63. The zero-order valence-electron chi connectivity index (χ0n) is 13.9. The van der Waals surface area contributed by atoms with Crippen LogP contribution in [0.4, 0.5) is 13.2 Å². The zero-order valence-corrected chi connectivity index (χ0v) is 14.7. The summed E-state index contributed by atoms with van der Waals surface area (Å²) in [4.78, 5) is 26.2. The molecule has 2 aliphatic rings. The number of nitrogens with zero attached hydrogens (tertiary/aromatic N) is 1. The van der Waals surface area contributed by atoms with E-state index in [1.807, 2.05) is 24.3 Å². The number of carboxylic acids is 1. The van der Waals surface area contributed by atoms with Crippen LogP contribution in [0.15, 0.2) is 30.3 Å². The van der Waals surface area contributed by atoms with Crippen molar-refractivity contribution in [3.05, 3.63) is 40.8 Å². The number of rotatable bonds is 2. The number of fused-ring (bicyclic) bond motifs is 3. The van der Waals surface area contributed by atoms with E-state index in [2.05, 4.69) is 0 Å². The first-order valence-electron chi connectivity index (χ1n) is 8.17. The van der Waals surface area contributed by atoms with E-state index in [4.69, 9.17) is 9.84 Å². The Bertz CT molecular complexity index is 939. The molecule has 2 aliphatic heterocycles. The lowest BCUT2D eigenvalue weighted by Gasteiger charge is -2.27. The van der Waals surface area contributed by atoms with Gasteiger partial charge in [-0.15, -0.1) is 11.3 Å². The van der Waals surface area contributed by atoms with Crippen LogP contribution in [0.5, 0.6) is 5.75 Å². The molecule has 2 aromatic rings. The number of aliphatic carboxylic acids is 1. The molecule has 1 N–H and O–H groups in total. The van der Waals surface area contributed by atoms with Gasteiger partial charge in [0.15, 0.2) is 5.41 Å². The number of alkyl halides is 3. The molecule has 1 saturated heterocycles. The molecule has 4 rings (SSSR count). The Morgan fingerprint density at radius 2 is 2.00 bits per heavy atom. The first kappa shape index (κ1) is 17.8. The highest BCUT2D eigenvalue weighted by molar-refractivity contribution is 7.17. The number of halogens is 3. The van der Waals surface area contributed by atoms with Crippen LogP contribution >= 0.6 is 11.3 Å². The van der Waals surface area contributed by atoms with Gasteiger partial charge in [0, 0.05) is 29.1 Å². The summed E-state index contributed by atoms with van der Waals surface area (Å²) in [5.74, 6) is -1.84. The van der Waals surface area contributed by atoms with Gasteiger partial charge in [0.2, 0.25) is 0 Å². The number of para-hydroxylation sites is 1. The van der Waals surface area contributed by atoms with Gasteiger partial charge in [-0.2, -0.15) is 13.2 Å². The molecule has 9 heteroatoms. The number of likely N-dealkylation sites (tertiary alicyclic amines) is 1. The Morgan fingerprint density at radius 1 is 1.26 bits per heavy atom. The molecule has 142 valence electrons. The van der Waals surface area contributed by atoms with Crippen LogP contribution in [-0.2, 0) is 11.4 Å². The average Bonchev–Trinajstić information content (AvgIpc) is 3.26. The van der Waals surface area contributed by atoms with Gasteiger partial charge in [0.05, 0.1) is 4.88 Å². The molecule has 0 bridgehead atoms. The number of carboxylic acid groups (broad SMARTS) is 1. The van der Waals surface area contributed by atoms with Crippen molar-refractivity contribution in [1.29, 1.82) is 0 Å². The third-order valence-electron chi connectivity index (χ3n) is 5.04. The van der Waals surface area contributed by atoms with Crippen LogP contribution in [0.1, 0.15) is 21.7 Å². The smallest absolute Gasteiger partial charge is 0.406 e. The second-order valence-electron chi connectivity index (χ2n) is 6.61. The molecule has 0 saturated carbocycles. The molecule has 1 aromatic heterocycles. The fraction of sp³-hybridized carbons (Fsp3) is 0.333. The van der Waals surface area contributed by atoms with E-state index in [0.717, 1.165) is 20.9 Å². The number of amides is 1. The molecule has 0 spiro atoms. The lowest BCUT2D eigenvalue weighted by atomic mass is 9.86. The minimum Gasteiger partial charge on any atom is -0.488 e. The summed E-state index contributed by atoms with van der Waals surface area (Å²) in [5, 5.41) is 9.14. The number of ether oxygens (including phenoxy) is 1. The normalized spacial score (nSPS) is 21.4. The maximum atomic E-state index is 13.3. The summed E-state index contributed by atoms with van der Waals surface area (Å²) in [6.45, 7) is -0.849. The maximum absolute atomic E-state index is 13.3. The first-order valence-corrected chi connectivity index (χ1v) is 8.99. The first-order chi connectivity index (χ1) is 12.7. The van der Waals surface area contributed by atoms with E-state index < -0.39 is 36.4 Å². The zero-order chi connectivity index (χ0) is 19.4. The summed E-state index contributed by atoms with van der Waals surface area (Å²) in [5.41, 5.74) is -1.28. The summed E-state index contributed by atoms with van der Waals surface area (Å²) in [7, 11) is 0. The van der Waals surface area contributed by atoms with E-state index in [1.54, 1.807) is 6.07 Å². The Hall–Kier alpha value is -2.55.